The Morgan fingerprint density at radius 3 is 2.87 bits per heavy atom. The van der Waals surface area contributed by atoms with Crippen LogP contribution >= 0.6 is 0 Å². The summed E-state index contributed by atoms with van der Waals surface area (Å²) in [6.45, 7) is 3.86. The van der Waals surface area contributed by atoms with Crippen LogP contribution in [-0.2, 0) is 4.79 Å². The minimum atomic E-state index is -0.532. The van der Waals surface area contributed by atoms with Crippen LogP contribution in [0.25, 0.3) is 0 Å². The maximum Gasteiger partial charge on any atom is 0.222 e. The van der Waals surface area contributed by atoms with Crippen LogP contribution in [0.1, 0.15) is 52.4 Å². The molecule has 0 aromatic heterocycles. The molecule has 0 heterocycles. The lowest BCUT2D eigenvalue weighted by Crippen LogP contribution is -2.39. The predicted molar refractivity (Wildman–Crippen MR) is 60.5 cm³/mol. The zero-order chi connectivity index (χ0) is 11.3. The molecular formula is C12H23NO2. The van der Waals surface area contributed by atoms with Crippen molar-refractivity contribution in [1.29, 1.82) is 0 Å². The molecule has 0 spiro atoms. The van der Waals surface area contributed by atoms with Crippen molar-refractivity contribution >= 4 is 5.91 Å². The van der Waals surface area contributed by atoms with E-state index in [0.29, 0.717) is 6.04 Å². The Bertz CT molecular complexity index is 204. The van der Waals surface area contributed by atoms with Crippen LogP contribution in [0, 0.1) is 5.92 Å². The molecule has 1 amide bonds. The van der Waals surface area contributed by atoms with Crippen LogP contribution in [0.5, 0.6) is 0 Å². The summed E-state index contributed by atoms with van der Waals surface area (Å²) in [6, 6.07) is 0.343. The van der Waals surface area contributed by atoms with Crippen molar-refractivity contribution in [3.63, 3.8) is 0 Å². The molecule has 0 bridgehead atoms. The molecule has 3 unspecified atom stereocenters. The summed E-state index contributed by atoms with van der Waals surface area (Å²) >= 11 is 0. The Labute approximate surface area is 92.3 Å². The average Bonchev–Trinajstić information content (AvgIpc) is 2.16. The molecule has 0 radical (unpaired) electrons. The quantitative estimate of drug-likeness (QED) is 0.748. The van der Waals surface area contributed by atoms with E-state index in [0.717, 1.165) is 18.8 Å². The van der Waals surface area contributed by atoms with Crippen LogP contribution in [-0.4, -0.2) is 23.2 Å². The number of nitrogens with one attached hydrogen (secondary N) is 1. The van der Waals surface area contributed by atoms with E-state index < -0.39 is 6.10 Å². The average molecular weight is 213 g/mol. The standard InChI is InChI=1S/C12H23NO2/c1-3-10-5-4-6-11(8-10)13-12(15)7-9(2)14/h9-11,14H,3-8H2,1-2H3,(H,13,15). The summed E-state index contributed by atoms with van der Waals surface area (Å²) < 4.78 is 0. The van der Waals surface area contributed by atoms with Crippen LogP contribution < -0.4 is 5.32 Å². The molecule has 0 saturated heterocycles. The minimum Gasteiger partial charge on any atom is -0.393 e. The van der Waals surface area contributed by atoms with Gasteiger partial charge in [-0.2, -0.15) is 0 Å². The molecule has 0 aromatic carbocycles. The first-order chi connectivity index (χ1) is 7.11. The predicted octanol–water partition coefficient (Wildman–Crippen LogP) is 1.84. The fourth-order valence-electron chi connectivity index (χ4n) is 2.35. The number of carbonyl (C=O) groups excluding carboxylic acids is 1. The van der Waals surface area contributed by atoms with Crippen LogP contribution in [0.3, 0.4) is 0 Å². The summed E-state index contributed by atoms with van der Waals surface area (Å²) in [5.41, 5.74) is 0. The lowest BCUT2D eigenvalue weighted by atomic mass is 9.84. The van der Waals surface area contributed by atoms with E-state index in [-0.39, 0.29) is 12.3 Å². The molecule has 3 nitrogen and oxygen atoms in total. The molecule has 15 heavy (non-hydrogen) atoms. The van der Waals surface area contributed by atoms with Gasteiger partial charge in [-0.3, -0.25) is 4.79 Å². The number of hydrogen-bond donors (Lipinski definition) is 2. The Kier molecular flexibility index (Phi) is 5.09. The van der Waals surface area contributed by atoms with E-state index in [1.807, 2.05) is 0 Å². The molecule has 1 aliphatic carbocycles. The van der Waals surface area contributed by atoms with Crippen molar-refractivity contribution in [2.24, 2.45) is 5.92 Å². The number of rotatable bonds is 4. The first kappa shape index (κ1) is 12.5. The summed E-state index contributed by atoms with van der Waals surface area (Å²) in [6.07, 6.45) is 5.65. The number of amides is 1. The largest absolute Gasteiger partial charge is 0.393 e. The monoisotopic (exact) mass is 213 g/mol. The fourth-order valence-corrected chi connectivity index (χ4v) is 2.35. The van der Waals surface area contributed by atoms with Crippen LogP contribution in [0.4, 0.5) is 0 Å². The second-order valence-electron chi connectivity index (χ2n) is 4.76. The molecule has 1 aliphatic rings. The highest BCUT2D eigenvalue weighted by molar-refractivity contribution is 5.76. The molecule has 1 saturated carbocycles. The maximum atomic E-state index is 11.4. The fraction of sp³-hybridized carbons (Fsp3) is 0.917. The molecular weight excluding hydrogens is 190 g/mol. The van der Waals surface area contributed by atoms with Gasteiger partial charge in [0.2, 0.25) is 5.91 Å². The van der Waals surface area contributed by atoms with E-state index in [9.17, 15) is 4.79 Å². The molecule has 1 rings (SSSR count). The van der Waals surface area contributed by atoms with Gasteiger partial charge in [0.1, 0.15) is 0 Å². The van der Waals surface area contributed by atoms with Gasteiger partial charge in [0.25, 0.3) is 0 Å². The van der Waals surface area contributed by atoms with Crippen molar-refractivity contribution < 1.29 is 9.90 Å². The molecule has 0 aliphatic heterocycles. The summed E-state index contributed by atoms with van der Waals surface area (Å²) in [5.74, 6) is 0.766. The summed E-state index contributed by atoms with van der Waals surface area (Å²) in [4.78, 5) is 11.4. The molecule has 88 valence electrons. The number of aliphatic hydroxyl groups is 1. The topological polar surface area (TPSA) is 49.3 Å². The first-order valence-electron chi connectivity index (χ1n) is 6.09. The first-order valence-corrected chi connectivity index (χ1v) is 6.09. The number of aliphatic hydroxyl groups excluding tert-OH is 1. The molecule has 3 atom stereocenters. The van der Waals surface area contributed by atoms with E-state index in [1.165, 1.54) is 19.3 Å². The van der Waals surface area contributed by atoms with Crippen molar-refractivity contribution in [3.8, 4) is 0 Å². The lowest BCUT2D eigenvalue weighted by Gasteiger charge is -2.29. The number of hydrogen-bond acceptors (Lipinski definition) is 2. The third-order valence-corrected chi connectivity index (χ3v) is 3.21. The maximum absolute atomic E-state index is 11.4. The zero-order valence-corrected chi connectivity index (χ0v) is 9.83. The van der Waals surface area contributed by atoms with Crippen LogP contribution in [0.15, 0.2) is 0 Å². The Hall–Kier alpha value is -0.570. The third kappa shape index (κ3) is 4.65. The highest BCUT2D eigenvalue weighted by Crippen LogP contribution is 2.26. The van der Waals surface area contributed by atoms with Gasteiger partial charge in [-0.15, -0.1) is 0 Å². The minimum absolute atomic E-state index is 0.00764. The van der Waals surface area contributed by atoms with Gasteiger partial charge in [0, 0.05) is 6.04 Å². The Balaban J connectivity index is 2.28. The van der Waals surface area contributed by atoms with Gasteiger partial charge in [0.05, 0.1) is 12.5 Å². The molecule has 0 aromatic rings. The highest BCUT2D eigenvalue weighted by atomic mass is 16.3. The van der Waals surface area contributed by atoms with Crippen molar-refractivity contribution in [1.82, 2.24) is 5.32 Å². The van der Waals surface area contributed by atoms with Gasteiger partial charge in [-0.1, -0.05) is 26.2 Å². The van der Waals surface area contributed by atoms with Gasteiger partial charge in [-0.05, 0) is 25.7 Å². The van der Waals surface area contributed by atoms with Gasteiger partial charge in [0.15, 0.2) is 0 Å². The Morgan fingerprint density at radius 2 is 2.27 bits per heavy atom. The van der Waals surface area contributed by atoms with Crippen LogP contribution in [0.2, 0.25) is 0 Å². The van der Waals surface area contributed by atoms with Crippen molar-refractivity contribution in [3.05, 3.63) is 0 Å². The van der Waals surface area contributed by atoms with Crippen molar-refractivity contribution in [2.75, 3.05) is 0 Å². The molecule has 2 N–H and O–H groups in total. The third-order valence-electron chi connectivity index (χ3n) is 3.21. The normalized spacial score (nSPS) is 28.5. The van der Waals surface area contributed by atoms with Crippen molar-refractivity contribution in [2.45, 2.75) is 64.5 Å². The summed E-state index contributed by atoms with van der Waals surface area (Å²) in [5, 5.41) is 12.1. The second kappa shape index (κ2) is 6.11. The van der Waals surface area contributed by atoms with E-state index in [1.54, 1.807) is 6.92 Å². The zero-order valence-electron chi connectivity index (χ0n) is 9.83. The van der Waals surface area contributed by atoms with E-state index in [4.69, 9.17) is 5.11 Å². The SMILES string of the molecule is CCC1CCCC(NC(=O)CC(C)O)C1. The van der Waals surface area contributed by atoms with Gasteiger partial charge < -0.3 is 10.4 Å². The van der Waals surface area contributed by atoms with E-state index >= 15 is 0 Å². The highest BCUT2D eigenvalue weighted by Gasteiger charge is 2.22. The number of carbonyl (C=O) groups is 1. The van der Waals surface area contributed by atoms with E-state index in [2.05, 4.69) is 12.2 Å². The van der Waals surface area contributed by atoms with Gasteiger partial charge in [-0.25, -0.2) is 0 Å². The second-order valence-corrected chi connectivity index (χ2v) is 4.76. The summed E-state index contributed by atoms with van der Waals surface area (Å²) in [7, 11) is 0. The lowest BCUT2D eigenvalue weighted by molar-refractivity contribution is -0.123. The smallest absolute Gasteiger partial charge is 0.222 e. The molecule has 1 fully saturated rings. The molecule has 3 heteroatoms. The van der Waals surface area contributed by atoms with Gasteiger partial charge >= 0.3 is 0 Å². The Morgan fingerprint density at radius 1 is 1.53 bits per heavy atom.